The summed E-state index contributed by atoms with van der Waals surface area (Å²) in [5.41, 5.74) is 1.23. The molecule has 0 radical (unpaired) electrons. The Morgan fingerprint density at radius 2 is 2.25 bits per heavy atom. The van der Waals surface area contributed by atoms with Gasteiger partial charge in [-0.15, -0.1) is 11.3 Å². The first-order valence-corrected chi connectivity index (χ1v) is 8.95. The molecule has 126 valence electrons. The standard InChI is InChI=1S/C17H19N3O3S/c1-3-17-9-19(6-7-20(17)16(22)23-10-17)15(21)12-4-5-13-14(8-12)24-11(2)18-13/h4-5,8H,3,6-7,9-10H2,1-2H3. The van der Waals surface area contributed by atoms with Crippen molar-refractivity contribution in [3.8, 4) is 0 Å². The molecule has 2 amide bonds. The predicted molar refractivity (Wildman–Crippen MR) is 91.3 cm³/mol. The van der Waals surface area contributed by atoms with Gasteiger partial charge in [0.1, 0.15) is 6.61 Å². The molecule has 24 heavy (non-hydrogen) atoms. The molecular formula is C17H19N3O3S. The van der Waals surface area contributed by atoms with Gasteiger partial charge < -0.3 is 9.64 Å². The zero-order valence-electron chi connectivity index (χ0n) is 13.7. The van der Waals surface area contributed by atoms with E-state index in [9.17, 15) is 9.59 Å². The largest absolute Gasteiger partial charge is 0.447 e. The van der Waals surface area contributed by atoms with Gasteiger partial charge in [-0.3, -0.25) is 9.69 Å². The summed E-state index contributed by atoms with van der Waals surface area (Å²) < 4.78 is 6.26. The maximum absolute atomic E-state index is 12.9. The molecule has 0 bridgehead atoms. The van der Waals surface area contributed by atoms with Crippen LogP contribution >= 0.6 is 11.3 Å². The zero-order valence-corrected chi connectivity index (χ0v) is 14.6. The smallest absolute Gasteiger partial charge is 0.410 e. The van der Waals surface area contributed by atoms with E-state index in [0.717, 1.165) is 21.6 Å². The molecule has 2 saturated heterocycles. The van der Waals surface area contributed by atoms with Gasteiger partial charge >= 0.3 is 6.09 Å². The Hall–Kier alpha value is -2.15. The molecule has 7 heteroatoms. The van der Waals surface area contributed by atoms with Gasteiger partial charge in [-0.05, 0) is 31.5 Å². The molecule has 6 nitrogen and oxygen atoms in total. The minimum Gasteiger partial charge on any atom is -0.447 e. The van der Waals surface area contributed by atoms with Crippen LogP contribution in [0.5, 0.6) is 0 Å². The van der Waals surface area contributed by atoms with Crippen molar-refractivity contribution >= 4 is 33.6 Å². The molecule has 1 unspecified atom stereocenters. The van der Waals surface area contributed by atoms with Gasteiger partial charge in [0.15, 0.2) is 0 Å². The van der Waals surface area contributed by atoms with Crippen molar-refractivity contribution in [2.75, 3.05) is 26.2 Å². The third kappa shape index (κ3) is 2.26. The topological polar surface area (TPSA) is 62.7 Å². The van der Waals surface area contributed by atoms with Crippen molar-refractivity contribution in [1.82, 2.24) is 14.8 Å². The summed E-state index contributed by atoms with van der Waals surface area (Å²) in [6.45, 7) is 5.95. The van der Waals surface area contributed by atoms with E-state index in [-0.39, 0.29) is 17.5 Å². The van der Waals surface area contributed by atoms with Crippen LogP contribution in [0.15, 0.2) is 18.2 Å². The summed E-state index contributed by atoms with van der Waals surface area (Å²) in [6, 6.07) is 5.66. The normalized spacial score (nSPS) is 23.5. The quantitative estimate of drug-likeness (QED) is 0.839. The van der Waals surface area contributed by atoms with E-state index >= 15 is 0 Å². The van der Waals surface area contributed by atoms with Crippen LogP contribution < -0.4 is 0 Å². The molecule has 2 aliphatic heterocycles. The fourth-order valence-corrected chi connectivity index (χ4v) is 4.46. The molecule has 4 rings (SSSR count). The SMILES string of the molecule is CCC12COC(=O)N1CCN(C(=O)c1ccc3nc(C)sc3c1)C2. The number of ether oxygens (including phenoxy) is 1. The summed E-state index contributed by atoms with van der Waals surface area (Å²) in [6.07, 6.45) is 0.515. The number of carbonyl (C=O) groups excluding carboxylic acids is 2. The summed E-state index contributed by atoms with van der Waals surface area (Å²) in [7, 11) is 0. The molecular weight excluding hydrogens is 326 g/mol. The van der Waals surface area contributed by atoms with Crippen LogP contribution in [-0.2, 0) is 4.74 Å². The van der Waals surface area contributed by atoms with Gasteiger partial charge in [0, 0.05) is 25.2 Å². The van der Waals surface area contributed by atoms with Crippen molar-refractivity contribution < 1.29 is 14.3 Å². The molecule has 1 aromatic carbocycles. The van der Waals surface area contributed by atoms with Crippen LogP contribution in [-0.4, -0.2) is 58.6 Å². The second-order valence-electron chi connectivity index (χ2n) is 6.43. The van der Waals surface area contributed by atoms with Crippen LogP contribution in [0.25, 0.3) is 10.2 Å². The number of carbonyl (C=O) groups is 2. The van der Waals surface area contributed by atoms with E-state index in [0.29, 0.717) is 31.8 Å². The second-order valence-corrected chi connectivity index (χ2v) is 7.66. The fourth-order valence-electron chi connectivity index (χ4n) is 3.59. The van der Waals surface area contributed by atoms with Crippen molar-refractivity contribution in [1.29, 1.82) is 0 Å². The van der Waals surface area contributed by atoms with Crippen LogP contribution in [0.3, 0.4) is 0 Å². The van der Waals surface area contributed by atoms with Crippen molar-refractivity contribution in [2.24, 2.45) is 0 Å². The number of amides is 2. The molecule has 2 aliphatic rings. The van der Waals surface area contributed by atoms with Gasteiger partial charge in [0.05, 0.1) is 20.8 Å². The maximum Gasteiger partial charge on any atom is 0.410 e. The lowest BCUT2D eigenvalue weighted by atomic mass is 9.92. The molecule has 3 heterocycles. The first-order valence-electron chi connectivity index (χ1n) is 8.13. The number of thiazole rings is 1. The van der Waals surface area contributed by atoms with Crippen LogP contribution in [0.4, 0.5) is 4.79 Å². The van der Waals surface area contributed by atoms with Crippen molar-refractivity contribution in [2.45, 2.75) is 25.8 Å². The highest BCUT2D eigenvalue weighted by molar-refractivity contribution is 7.18. The lowest BCUT2D eigenvalue weighted by Gasteiger charge is -2.44. The Balaban J connectivity index is 1.60. The van der Waals surface area contributed by atoms with Gasteiger partial charge in [0.25, 0.3) is 5.91 Å². The zero-order chi connectivity index (χ0) is 16.9. The fraction of sp³-hybridized carbons (Fsp3) is 0.471. The first kappa shape index (κ1) is 15.4. The molecule has 2 aromatic rings. The first-order chi connectivity index (χ1) is 11.5. The molecule has 0 spiro atoms. The molecule has 0 aliphatic carbocycles. The van der Waals surface area contributed by atoms with Gasteiger partial charge in [0.2, 0.25) is 0 Å². The number of rotatable bonds is 2. The minimum absolute atomic E-state index is 0.00905. The average Bonchev–Trinajstić information content (AvgIpc) is 3.13. The Kier molecular flexibility index (Phi) is 3.49. The van der Waals surface area contributed by atoms with Gasteiger partial charge in [-0.1, -0.05) is 6.92 Å². The summed E-state index contributed by atoms with van der Waals surface area (Å²) in [5, 5.41) is 0.995. The number of nitrogens with zero attached hydrogens (tertiary/aromatic N) is 3. The predicted octanol–water partition coefficient (Wildman–Crippen LogP) is 2.66. The number of aromatic nitrogens is 1. The Morgan fingerprint density at radius 3 is 3.04 bits per heavy atom. The number of cyclic esters (lactones) is 1. The third-order valence-corrected chi connectivity index (χ3v) is 5.96. The Bertz CT molecular complexity index is 834. The number of piperazine rings is 1. The van der Waals surface area contributed by atoms with Crippen LogP contribution in [0.1, 0.15) is 28.7 Å². The monoisotopic (exact) mass is 345 g/mol. The van der Waals surface area contributed by atoms with Crippen molar-refractivity contribution in [3.05, 3.63) is 28.8 Å². The molecule has 0 N–H and O–H groups in total. The maximum atomic E-state index is 12.9. The molecule has 1 aromatic heterocycles. The van der Waals surface area contributed by atoms with Crippen LogP contribution in [0.2, 0.25) is 0 Å². The summed E-state index contributed by atoms with van der Waals surface area (Å²) in [4.78, 5) is 32.9. The van der Waals surface area contributed by atoms with Gasteiger partial charge in [-0.25, -0.2) is 9.78 Å². The van der Waals surface area contributed by atoms with Gasteiger partial charge in [-0.2, -0.15) is 0 Å². The number of benzene rings is 1. The summed E-state index contributed by atoms with van der Waals surface area (Å²) >= 11 is 1.60. The number of fused-ring (bicyclic) bond motifs is 2. The molecule has 1 atom stereocenters. The molecule has 2 fully saturated rings. The molecule has 0 saturated carbocycles. The lowest BCUT2D eigenvalue weighted by Crippen LogP contribution is -2.62. The highest BCUT2D eigenvalue weighted by Crippen LogP contribution is 2.32. The van der Waals surface area contributed by atoms with E-state index in [1.807, 2.05) is 36.9 Å². The number of aryl methyl sites for hydroxylation is 1. The Labute approximate surface area is 144 Å². The Morgan fingerprint density at radius 1 is 1.42 bits per heavy atom. The third-order valence-electron chi connectivity index (χ3n) is 5.02. The minimum atomic E-state index is -0.379. The van der Waals surface area contributed by atoms with E-state index in [2.05, 4.69) is 4.98 Å². The summed E-state index contributed by atoms with van der Waals surface area (Å²) in [5.74, 6) is 0.00905. The average molecular weight is 345 g/mol. The van der Waals surface area contributed by atoms with E-state index in [1.165, 1.54) is 0 Å². The van der Waals surface area contributed by atoms with E-state index in [4.69, 9.17) is 4.74 Å². The second kappa shape index (κ2) is 5.44. The number of hydrogen-bond donors (Lipinski definition) is 0. The number of hydrogen-bond acceptors (Lipinski definition) is 5. The van der Waals surface area contributed by atoms with Crippen molar-refractivity contribution in [3.63, 3.8) is 0 Å². The lowest BCUT2D eigenvalue weighted by molar-refractivity contribution is 0.0362. The van der Waals surface area contributed by atoms with E-state index < -0.39 is 0 Å². The highest BCUT2D eigenvalue weighted by atomic mass is 32.1. The highest BCUT2D eigenvalue weighted by Gasteiger charge is 2.50. The van der Waals surface area contributed by atoms with Crippen LogP contribution in [0, 0.1) is 6.92 Å². The van der Waals surface area contributed by atoms with E-state index in [1.54, 1.807) is 16.2 Å².